The fourth-order valence-electron chi connectivity index (χ4n) is 2.30. The number of carboxylic acid groups (broad SMARTS) is 1. The maximum atomic E-state index is 12.9. The molecule has 0 bridgehead atoms. The molecular weight excluding hydrogens is 341 g/mol. The van der Waals surface area contributed by atoms with Crippen LogP contribution in [0, 0.1) is 5.82 Å². The zero-order valence-electron chi connectivity index (χ0n) is 13.8. The van der Waals surface area contributed by atoms with Crippen LogP contribution in [0.2, 0.25) is 0 Å². The second-order valence-corrected chi connectivity index (χ2v) is 5.70. The summed E-state index contributed by atoms with van der Waals surface area (Å²) in [5, 5.41) is 19.7. The van der Waals surface area contributed by atoms with Crippen molar-refractivity contribution in [1.82, 2.24) is 19.6 Å². The highest BCUT2D eigenvalue weighted by Crippen LogP contribution is 2.12. The largest absolute Gasteiger partial charge is 0.478 e. The number of amides is 1. The van der Waals surface area contributed by atoms with Gasteiger partial charge in [-0.05, 0) is 24.6 Å². The molecule has 1 amide bonds. The minimum atomic E-state index is -1.11. The molecule has 26 heavy (non-hydrogen) atoms. The molecule has 0 fully saturated rings. The molecule has 1 aromatic carbocycles. The Morgan fingerprint density at radius 3 is 2.65 bits per heavy atom. The maximum Gasteiger partial charge on any atom is 0.338 e. The lowest BCUT2D eigenvalue weighted by Crippen LogP contribution is -2.24. The molecule has 8 nitrogen and oxygen atoms in total. The monoisotopic (exact) mass is 357 g/mol. The number of aromatic carboxylic acids is 1. The Bertz CT molecular complexity index is 932. The van der Waals surface area contributed by atoms with Gasteiger partial charge in [-0.2, -0.15) is 10.2 Å². The van der Waals surface area contributed by atoms with Crippen LogP contribution in [0.15, 0.2) is 48.9 Å². The first kappa shape index (κ1) is 17.3. The molecule has 3 rings (SSSR count). The molecule has 2 N–H and O–H groups in total. The van der Waals surface area contributed by atoms with Gasteiger partial charge in [0.05, 0.1) is 18.3 Å². The molecule has 0 saturated heterocycles. The third kappa shape index (κ3) is 3.94. The maximum absolute atomic E-state index is 12.9. The summed E-state index contributed by atoms with van der Waals surface area (Å²) in [6.45, 7) is 2.04. The van der Waals surface area contributed by atoms with Crippen LogP contribution >= 0.6 is 0 Å². The van der Waals surface area contributed by atoms with Gasteiger partial charge >= 0.3 is 5.97 Å². The molecule has 0 saturated carbocycles. The number of halogens is 1. The van der Waals surface area contributed by atoms with E-state index in [0.29, 0.717) is 12.4 Å². The first-order chi connectivity index (χ1) is 12.4. The lowest BCUT2D eigenvalue weighted by molar-refractivity contribution is -0.119. The van der Waals surface area contributed by atoms with Crippen LogP contribution < -0.4 is 5.32 Å². The number of nitrogens with one attached hydrogen (secondary N) is 1. The molecule has 1 atom stereocenters. The predicted molar refractivity (Wildman–Crippen MR) is 90.3 cm³/mol. The minimum Gasteiger partial charge on any atom is -0.478 e. The SMILES string of the molecule is CC(C(=O)Nc1ccn(Cc2ccc(F)cc2)n1)n1cc(C(=O)O)cn1. The van der Waals surface area contributed by atoms with Crippen molar-refractivity contribution in [2.24, 2.45) is 0 Å². The highest BCUT2D eigenvalue weighted by atomic mass is 19.1. The normalized spacial score (nSPS) is 11.9. The van der Waals surface area contributed by atoms with Gasteiger partial charge in [0.15, 0.2) is 5.82 Å². The number of carboxylic acids is 1. The molecule has 9 heteroatoms. The lowest BCUT2D eigenvalue weighted by atomic mass is 10.2. The highest BCUT2D eigenvalue weighted by Gasteiger charge is 2.18. The second-order valence-electron chi connectivity index (χ2n) is 5.70. The summed E-state index contributed by atoms with van der Waals surface area (Å²) in [5.74, 6) is -1.43. The van der Waals surface area contributed by atoms with Gasteiger partial charge in [0.2, 0.25) is 5.91 Å². The summed E-state index contributed by atoms with van der Waals surface area (Å²) < 4.78 is 15.8. The van der Waals surface area contributed by atoms with E-state index in [0.717, 1.165) is 5.56 Å². The number of benzene rings is 1. The summed E-state index contributed by atoms with van der Waals surface area (Å²) in [7, 11) is 0. The molecule has 134 valence electrons. The highest BCUT2D eigenvalue weighted by molar-refractivity contribution is 5.92. The van der Waals surface area contributed by atoms with E-state index in [1.807, 2.05) is 0 Å². The van der Waals surface area contributed by atoms with Crippen LogP contribution in [0.4, 0.5) is 10.2 Å². The standard InChI is InChI=1S/C17H16FN5O3/c1-11(23-10-13(8-19-23)17(25)26)16(24)20-15-6-7-22(21-15)9-12-2-4-14(18)5-3-12/h2-8,10-11H,9H2,1H3,(H,25,26)(H,20,21,24). The van der Waals surface area contributed by atoms with Crippen molar-refractivity contribution in [2.75, 3.05) is 5.32 Å². The molecule has 0 aliphatic heterocycles. The zero-order valence-corrected chi connectivity index (χ0v) is 13.8. The molecule has 0 aliphatic carbocycles. The Morgan fingerprint density at radius 2 is 2.00 bits per heavy atom. The lowest BCUT2D eigenvalue weighted by Gasteiger charge is -2.11. The van der Waals surface area contributed by atoms with Gasteiger partial charge < -0.3 is 10.4 Å². The summed E-state index contributed by atoms with van der Waals surface area (Å²) in [4.78, 5) is 23.2. The molecule has 1 unspecified atom stereocenters. The molecular formula is C17H16FN5O3. The molecule has 2 aromatic heterocycles. The number of carbonyl (C=O) groups excluding carboxylic acids is 1. The first-order valence-corrected chi connectivity index (χ1v) is 7.78. The van der Waals surface area contributed by atoms with Crippen LogP contribution in [0.5, 0.6) is 0 Å². The summed E-state index contributed by atoms with van der Waals surface area (Å²) >= 11 is 0. The van der Waals surface area contributed by atoms with E-state index in [1.54, 1.807) is 36.0 Å². The van der Waals surface area contributed by atoms with Crippen LogP contribution in [-0.2, 0) is 11.3 Å². The third-order valence-corrected chi connectivity index (χ3v) is 3.77. The van der Waals surface area contributed by atoms with Crippen molar-refractivity contribution in [3.05, 3.63) is 65.9 Å². The Balaban J connectivity index is 1.63. The number of anilines is 1. The van der Waals surface area contributed by atoms with Crippen molar-refractivity contribution < 1.29 is 19.1 Å². The summed E-state index contributed by atoms with van der Waals surface area (Å²) in [5.41, 5.74) is 0.881. The average molecular weight is 357 g/mol. The van der Waals surface area contributed by atoms with Crippen molar-refractivity contribution in [1.29, 1.82) is 0 Å². The summed E-state index contributed by atoms with van der Waals surface area (Å²) in [6, 6.07) is 7.01. The van der Waals surface area contributed by atoms with E-state index >= 15 is 0 Å². The van der Waals surface area contributed by atoms with Gasteiger partial charge in [0.1, 0.15) is 11.9 Å². The third-order valence-electron chi connectivity index (χ3n) is 3.77. The van der Waals surface area contributed by atoms with Gasteiger partial charge in [0.25, 0.3) is 0 Å². The number of hydrogen-bond donors (Lipinski definition) is 2. The van der Waals surface area contributed by atoms with E-state index in [4.69, 9.17) is 5.11 Å². The quantitative estimate of drug-likeness (QED) is 0.704. The van der Waals surface area contributed by atoms with Crippen molar-refractivity contribution in [2.45, 2.75) is 19.5 Å². The Hall–Kier alpha value is -3.49. The number of hydrogen-bond acceptors (Lipinski definition) is 4. The van der Waals surface area contributed by atoms with E-state index in [9.17, 15) is 14.0 Å². The number of nitrogens with zero attached hydrogens (tertiary/aromatic N) is 4. The molecule has 0 radical (unpaired) electrons. The van der Waals surface area contributed by atoms with E-state index < -0.39 is 12.0 Å². The fraction of sp³-hybridized carbons (Fsp3) is 0.176. The van der Waals surface area contributed by atoms with Gasteiger partial charge in [0, 0.05) is 18.5 Å². The van der Waals surface area contributed by atoms with Gasteiger partial charge in [-0.15, -0.1) is 0 Å². The first-order valence-electron chi connectivity index (χ1n) is 7.78. The number of aromatic nitrogens is 4. The van der Waals surface area contributed by atoms with Crippen LogP contribution in [0.25, 0.3) is 0 Å². The predicted octanol–water partition coefficient (Wildman–Crippen LogP) is 2.16. The average Bonchev–Trinajstić information content (AvgIpc) is 3.26. The summed E-state index contributed by atoms with van der Waals surface area (Å²) in [6.07, 6.45) is 4.17. The van der Waals surface area contributed by atoms with Crippen LogP contribution in [-0.4, -0.2) is 36.5 Å². The van der Waals surface area contributed by atoms with Crippen molar-refractivity contribution in [3.63, 3.8) is 0 Å². The van der Waals surface area contributed by atoms with E-state index in [-0.39, 0.29) is 17.3 Å². The Morgan fingerprint density at radius 1 is 1.27 bits per heavy atom. The Kier molecular flexibility index (Phi) is 4.78. The minimum absolute atomic E-state index is 0.00762. The van der Waals surface area contributed by atoms with Gasteiger partial charge in [-0.3, -0.25) is 14.2 Å². The van der Waals surface area contributed by atoms with Crippen LogP contribution in [0.3, 0.4) is 0 Å². The smallest absolute Gasteiger partial charge is 0.338 e. The molecule has 0 aliphatic rings. The molecule has 2 heterocycles. The van der Waals surface area contributed by atoms with Crippen LogP contribution in [0.1, 0.15) is 28.9 Å². The van der Waals surface area contributed by atoms with Crippen molar-refractivity contribution in [3.8, 4) is 0 Å². The number of carbonyl (C=O) groups is 2. The second kappa shape index (κ2) is 7.18. The van der Waals surface area contributed by atoms with Gasteiger partial charge in [-0.25, -0.2) is 9.18 Å². The molecule has 3 aromatic rings. The zero-order chi connectivity index (χ0) is 18.7. The molecule has 0 spiro atoms. The van der Waals surface area contributed by atoms with E-state index in [2.05, 4.69) is 15.5 Å². The van der Waals surface area contributed by atoms with Gasteiger partial charge in [-0.1, -0.05) is 12.1 Å². The van der Waals surface area contributed by atoms with Crippen molar-refractivity contribution >= 4 is 17.7 Å². The Labute approximate surface area is 147 Å². The topological polar surface area (TPSA) is 102 Å². The number of rotatable bonds is 6. The fourth-order valence-corrected chi connectivity index (χ4v) is 2.30. The van der Waals surface area contributed by atoms with E-state index in [1.165, 1.54) is 29.2 Å².